The summed E-state index contributed by atoms with van der Waals surface area (Å²) >= 11 is 11.4. The van der Waals surface area contributed by atoms with Gasteiger partial charge in [-0.15, -0.1) is 10.2 Å². The van der Waals surface area contributed by atoms with Gasteiger partial charge in [-0.2, -0.15) is 4.98 Å². The molecule has 0 aliphatic heterocycles. The van der Waals surface area contributed by atoms with Gasteiger partial charge in [-0.3, -0.25) is 0 Å². The predicted octanol–water partition coefficient (Wildman–Crippen LogP) is 2.39. The molecule has 0 bridgehead atoms. The number of hydrogen-bond donors (Lipinski definition) is 1. The van der Waals surface area contributed by atoms with E-state index < -0.39 is 0 Å². The number of aromatic nitrogens is 3. The average Bonchev–Trinajstić information content (AvgIpc) is 2.08. The molecule has 1 aliphatic carbocycles. The Morgan fingerprint density at radius 1 is 1.29 bits per heavy atom. The topological polar surface area (TPSA) is 50.7 Å². The van der Waals surface area contributed by atoms with Crippen LogP contribution in [0.1, 0.15) is 19.3 Å². The zero-order valence-electron chi connectivity index (χ0n) is 7.50. The molecule has 1 fully saturated rings. The summed E-state index contributed by atoms with van der Waals surface area (Å²) in [5.41, 5.74) is 0. The number of nitrogens with zero attached hydrogens (tertiary/aromatic N) is 3. The lowest BCUT2D eigenvalue weighted by atomic mass is 9.85. The Labute approximate surface area is 92.0 Å². The molecule has 1 saturated carbocycles. The van der Waals surface area contributed by atoms with Crippen LogP contribution in [0.3, 0.4) is 0 Å². The molecule has 0 amide bonds. The summed E-state index contributed by atoms with van der Waals surface area (Å²) in [7, 11) is 0. The second kappa shape index (κ2) is 4.28. The van der Waals surface area contributed by atoms with E-state index in [0.717, 1.165) is 12.5 Å². The molecule has 0 unspecified atom stereocenters. The van der Waals surface area contributed by atoms with Crippen LogP contribution in [0.15, 0.2) is 0 Å². The molecule has 1 aromatic heterocycles. The van der Waals surface area contributed by atoms with Gasteiger partial charge in [0.15, 0.2) is 11.0 Å². The molecule has 0 atom stereocenters. The van der Waals surface area contributed by atoms with Crippen molar-refractivity contribution in [2.24, 2.45) is 5.92 Å². The van der Waals surface area contributed by atoms with Gasteiger partial charge in [0.1, 0.15) is 0 Å². The number of halogens is 2. The van der Waals surface area contributed by atoms with E-state index in [1.54, 1.807) is 0 Å². The zero-order valence-corrected chi connectivity index (χ0v) is 9.02. The Morgan fingerprint density at radius 3 is 2.71 bits per heavy atom. The van der Waals surface area contributed by atoms with Crippen LogP contribution in [-0.2, 0) is 0 Å². The Bertz CT molecular complexity index is 327. The van der Waals surface area contributed by atoms with Crippen LogP contribution in [0.25, 0.3) is 0 Å². The fraction of sp³-hybridized carbons (Fsp3) is 0.625. The molecule has 1 aromatic rings. The van der Waals surface area contributed by atoms with E-state index >= 15 is 0 Å². The van der Waals surface area contributed by atoms with Crippen molar-refractivity contribution in [1.29, 1.82) is 0 Å². The van der Waals surface area contributed by atoms with Crippen molar-refractivity contribution in [2.45, 2.75) is 19.3 Å². The fourth-order valence-corrected chi connectivity index (χ4v) is 1.61. The molecule has 4 nitrogen and oxygen atoms in total. The third kappa shape index (κ3) is 2.25. The second-order valence-electron chi connectivity index (χ2n) is 3.40. The highest BCUT2D eigenvalue weighted by Gasteiger charge is 2.17. The maximum absolute atomic E-state index is 5.78. The second-order valence-corrected chi connectivity index (χ2v) is 4.09. The molecule has 2 rings (SSSR count). The van der Waals surface area contributed by atoms with Crippen LogP contribution in [0.5, 0.6) is 0 Å². The molecule has 0 saturated heterocycles. The van der Waals surface area contributed by atoms with E-state index in [1.807, 2.05) is 0 Å². The van der Waals surface area contributed by atoms with Crippen molar-refractivity contribution in [3.8, 4) is 0 Å². The van der Waals surface area contributed by atoms with Crippen molar-refractivity contribution < 1.29 is 0 Å². The lowest BCUT2D eigenvalue weighted by molar-refractivity contribution is 0.333. The van der Waals surface area contributed by atoms with E-state index in [-0.39, 0.29) is 10.4 Å². The summed E-state index contributed by atoms with van der Waals surface area (Å²) < 4.78 is 0. The van der Waals surface area contributed by atoms with Gasteiger partial charge in [-0.05, 0) is 30.4 Å². The van der Waals surface area contributed by atoms with Crippen LogP contribution >= 0.6 is 23.2 Å². The Hall–Kier alpha value is -0.610. The van der Waals surface area contributed by atoms with E-state index in [0.29, 0.717) is 5.82 Å². The van der Waals surface area contributed by atoms with E-state index in [4.69, 9.17) is 23.2 Å². The molecule has 0 aromatic carbocycles. The molecule has 1 N–H and O–H groups in total. The number of nitrogens with one attached hydrogen (secondary N) is 1. The highest BCUT2D eigenvalue weighted by molar-refractivity contribution is 6.32. The molecule has 1 heterocycles. The molecule has 0 radical (unpaired) electrons. The van der Waals surface area contributed by atoms with Gasteiger partial charge in [0, 0.05) is 6.54 Å². The maximum Gasteiger partial charge on any atom is 0.245 e. The lowest BCUT2D eigenvalue weighted by Crippen LogP contribution is -2.21. The van der Waals surface area contributed by atoms with Crippen LogP contribution in [0.2, 0.25) is 10.4 Å². The smallest absolute Gasteiger partial charge is 0.245 e. The fourth-order valence-electron chi connectivity index (χ4n) is 1.34. The minimum atomic E-state index is 0.116. The molecule has 1 aliphatic rings. The van der Waals surface area contributed by atoms with E-state index in [2.05, 4.69) is 20.5 Å². The SMILES string of the molecule is Clc1nnc(Cl)c(NCC2CCC2)n1. The van der Waals surface area contributed by atoms with Gasteiger partial charge >= 0.3 is 0 Å². The molecule has 14 heavy (non-hydrogen) atoms. The highest BCUT2D eigenvalue weighted by atomic mass is 35.5. The van der Waals surface area contributed by atoms with E-state index in [1.165, 1.54) is 19.3 Å². The minimum Gasteiger partial charge on any atom is -0.367 e. The lowest BCUT2D eigenvalue weighted by Gasteiger charge is -2.25. The zero-order chi connectivity index (χ0) is 9.97. The van der Waals surface area contributed by atoms with Gasteiger partial charge in [0.05, 0.1) is 0 Å². The monoisotopic (exact) mass is 232 g/mol. The third-order valence-electron chi connectivity index (χ3n) is 2.40. The molecular weight excluding hydrogens is 223 g/mol. The van der Waals surface area contributed by atoms with Gasteiger partial charge < -0.3 is 5.32 Å². The maximum atomic E-state index is 5.78. The minimum absolute atomic E-state index is 0.116. The highest BCUT2D eigenvalue weighted by Crippen LogP contribution is 2.27. The molecule has 0 spiro atoms. The number of anilines is 1. The summed E-state index contributed by atoms with van der Waals surface area (Å²) in [4.78, 5) is 3.95. The van der Waals surface area contributed by atoms with Gasteiger partial charge in [0.25, 0.3) is 0 Å². The number of rotatable bonds is 3. The van der Waals surface area contributed by atoms with Crippen molar-refractivity contribution in [1.82, 2.24) is 15.2 Å². The summed E-state index contributed by atoms with van der Waals surface area (Å²) in [5.74, 6) is 1.26. The van der Waals surface area contributed by atoms with Crippen LogP contribution < -0.4 is 5.32 Å². The summed E-state index contributed by atoms with van der Waals surface area (Å²) in [6.45, 7) is 0.884. The molecular formula is C8H10Cl2N4. The van der Waals surface area contributed by atoms with Crippen LogP contribution in [0.4, 0.5) is 5.82 Å². The Balaban J connectivity index is 1.96. The first-order chi connectivity index (χ1) is 6.75. The first-order valence-electron chi connectivity index (χ1n) is 4.55. The summed E-state index contributed by atoms with van der Waals surface area (Å²) in [5, 5.41) is 10.7. The van der Waals surface area contributed by atoms with Gasteiger partial charge in [-0.25, -0.2) is 0 Å². The molecule has 76 valence electrons. The quantitative estimate of drug-likeness (QED) is 0.870. The van der Waals surface area contributed by atoms with Crippen molar-refractivity contribution >= 4 is 29.0 Å². The Morgan fingerprint density at radius 2 is 2.07 bits per heavy atom. The van der Waals surface area contributed by atoms with Crippen molar-refractivity contribution in [3.63, 3.8) is 0 Å². The summed E-state index contributed by atoms with van der Waals surface area (Å²) in [6, 6.07) is 0. The third-order valence-corrected chi connectivity index (χ3v) is 2.82. The van der Waals surface area contributed by atoms with Crippen LogP contribution in [0, 0.1) is 5.92 Å². The average molecular weight is 233 g/mol. The standard InChI is InChI=1S/C8H10Cl2N4/c9-6-7(12-8(10)14-13-6)11-4-5-2-1-3-5/h5H,1-4H2,(H,11,12,14). The van der Waals surface area contributed by atoms with Crippen molar-refractivity contribution in [2.75, 3.05) is 11.9 Å². The molecule has 6 heteroatoms. The van der Waals surface area contributed by atoms with Gasteiger partial charge in [0.2, 0.25) is 5.28 Å². The van der Waals surface area contributed by atoms with Crippen molar-refractivity contribution in [3.05, 3.63) is 10.4 Å². The van der Waals surface area contributed by atoms with Gasteiger partial charge in [-0.1, -0.05) is 18.0 Å². The van der Waals surface area contributed by atoms with Crippen LogP contribution in [-0.4, -0.2) is 21.7 Å². The first-order valence-corrected chi connectivity index (χ1v) is 5.31. The van der Waals surface area contributed by atoms with E-state index in [9.17, 15) is 0 Å². The summed E-state index contributed by atoms with van der Waals surface area (Å²) in [6.07, 6.45) is 3.87. The first kappa shape index (κ1) is 9.93. The predicted molar refractivity (Wildman–Crippen MR) is 55.7 cm³/mol. The number of hydrogen-bond acceptors (Lipinski definition) is 4. The normalized spacial score (nSPS) is 16.4. The largest absolute Gasteiger partial charge is 0.367 e. The Kier molecular flexibility index (Phi) is 3.03.